The molecule has 0 radical (unpaired) electrons. The number of aromatic nitrogens is 1. The van der Waals surface area contributed by atoms with Crippen LogP contribution in [0.15, 0.2) is 58.3 Å². The molecular weight excluding hydrogens is 340 g/mol. The predicted octanol–water partition coefficient (Wildman–Crippen LogP) is 3.72. The van der Waals surface area contributed by atoms with Gasteiger partial charge in [0.15, 0.2) is 0 Å². The van der Waals surface area contributed by atoms with Gasteiger partial charge < -0.3 is 4.57 Å². The van der Waals surface area contributed by atoms with E-state index in [-0.39, 0.29) is 0 Å². The first-order valence-corrected chi connectivity index (χ1v) is 10.2. The molecule has 0 N–H and O–H groups in total. The van der Waals surface area contributed by atoms with E-state index in [0.29, 0.717) is 17.3 Å². The number of nitrogens with zero attached hydrogens (tertiary/aromatic N) is 2. The van der Waals surface area contributed by atoms with Crippen molar-refractivity contribution in [1.29, 1.82) is 0 Å². The van der Waals surface area contributed by atoms with Crippen LogP contribution in [-0.2, 0) is 17.1 Å². The molecule has 0 bridgehead atoms. The summed E-state index contributed by atoms with van der Waals surface area (Å²) in [6.45, 7) is 0.952. The Hall–Kier alpha value is -1.89. The molecule has 24 heavy (non-hydrogen) atoms. The first-order valence-electron chi connectivity index (χ1n) is 7.84. The minimum absolute atomic E-state index is 0.421. The number of rotatable bonds is 3. The lowest BCUT2D eigenvalue weighted by atomic mass is 10.00. The minimum atomic E-state index is -3.36. The quantitative estimate of drug-likeness (QED) is 0.716. The molecule has 4 rings (SSSR count). The highest BCUT2D eigenvalue weighted by Crippen LogP contribution is 2.32. The molecule has 0 spiro atoms. The van der Waals surface area contributed by atoms with Crippen molar-refractivity contribution in [3.8, 4) is 0 Å². The lowest BCUT2D eigenvalue weighted by molar-refractivity contribution is 0.443. The zero-order chi connectivity index (χ0) is 16.7. The number of benzene rings is 1. The van der Waals surface area contributed by atoms with Crippen LogP contribution in [0.25, 0.3) is 16.5 Å². The Labute approximate surface area is 145 Å². The van der Waals surface area contributed by atoms with E-state index in [2.05, 4.69) is 29.0 Å². The largest absolute Gasteiger partial charge is 0.350 e. The highest BCUT2D eigenvalue weighted by molar-refractivity contribution is 7.91. The fourth-order valence-corrected chi connectivity index (χ4v) is 5.77. The van der Waals surface area contributed by atoms with Gasteiger partial charge in [-0.1, -0.05) is 30.3 Å². The number of para-hydroxylation sites is 1. The Bertz CT molecular complexity index is 1010. The Morgan fingerprint density at radius 3 is 2.67 bits per heavy atom. The zero-order valence-electron chi connectivity index (χ0n) is 13.3. The van der Waals surface area contributed by atoms with Gasteiger partial charge in [0.25, 0.3) is 10.0 Å². The van der Waals surface area contributed by atoms with E-state index >= 15 is 0 Å². The molecule has 2 aromatic heterocycles. The van der Waals surface area contributed by atoms with Crippen molar-refractivity contribution in [2.24, 2.45) is 7.05 Å². The van der Waals surface area contributed by atoms with Crippen LogP contribution in [0.5, 0.6) is 0 Å². The number of hydrogen-bond donors (Lipinski definition) is 0. The molecular formula is C18H18N2O2S2. The van der Waals surface area contributed by atoms with Crippen LogP contribution in [0, 0.1) is 0 Å². The molecule has 3 aromatic rings. The molecule has 1 aromatic carbocycles. The second-order valence-electron chi connectivity index (χ2n) is 5.95. The van der Waals surface area contributed by atoms with Crippen LogP contribution in [0.3, 0.4) is 0 Å². The van der Waals surface area contributed by atoms with Crippen LogP contribution < -0.4 is 0 Å². The molecule has 0 saturated heterocycles. The summed E-state index contributed by atoms with van der Waals surface area (Å²) in [6, 6.07) is 11.8. The number of sulfonamides is 1. The van der Waals surface area contributed by atoms with E-state index in [0.717, 1.165) is 6.42 Å². The second kappa shape index (κ2) is 5.88. The molecule has 0 amide bonds. The van der Waals surface area contributed by atoms with Crippen molar-refractivity contribution < 1.29 is 8.42 Å². The van der Waals surface area contributed by atoms with Gasteiger partial charge in [-0.25, -0.2) is 8.42 Å². The van der Waals surface area contributed by atoms with Crippen LogP contribution in [-0.4, -0.2) is 30.4 Å². The first kappa shape index (κ1) is 15.6. The van der Waals surface area contributed by atoms with Crippen LogP contribution in [0.4, 0.5) is 0 Å². The standard InChI is InChI=1S/C18H18N2O2S2/c1-19-13-16(15-5-2-3-6-17(15)19)14-8-10-20(11-9-14)24(21,22)18-7-4-12-23-18/h2-8,12-13H,9-11H2,1H3. The molecule has 0 atom stereocenters. The monoisotopic (exact) mass is 358 g/mol. The Balaban J connectivity index is 1.65. The molecule has 0 aliphatic carbocycles. The number of aryl methyl sites for hydroxylation is 1. The van der Waals surface area contributed by atoms with Gasteiger partial charge in [-0.15, -0.1) is 11.3 Å². The number of thiophene rings is 1. The summed E-state index contributed by atoms with van der Waals surface area (Å²) in [5.74, 6) is 0. The summed E-state index contributed by atoms with van der Waals surface area (Å²) >= 11 is 1.27. The maximum atomic E-state index is 12.6. The fraction of sp³-hybridized carbons (Fsp3) is 0.222. The molecule has 124 valence electrons. The third-order valence-corrected chi connectivity index (χ3v) is 7.74. The molecule has 6 heteroatoms. The lowest BCUT2D eigenvalue weighted by Crippen LogP contribution is -2.34. The SMILES string of the molecule is Cn1cc(C2=CCN(S(=O)(=O)c3cccs3)CC2)c2ccccc21. The Morgan fingerprint density at radius 2 is 1.96 bits per heavy atom. The van der Waals surface area contributed by atoms with E-state index in [1.54, 1.807) is 21.8 Å². The van der Waals surface area contributed by atoms with Gasteiger partial charge in [0, 0.05) is 42.8 Å². The van der Waals surface area contributed by atoms with Gasteiger partial charge in [0.1, 0.15) is 4.21 Å². The van der Waals surface area contributed by atoms with Crippen molar-refractivity contribution in [3.63, 3.8) is 0 Å². The highest BCUT2D eigenvalue weighted by Gasteiger charge is 2.27. The molecule has 1 aliphatic rings. The van der Waals surface area contributed by atoms with Gasteiger partial charge >= 0.3 is 0 Å². The van der Waals surface area contributed by atoms with E-state index in [9.17, 15) is 8.42 Å². The summed E-state index contributed by atoms with van der Waals surface area (Å²) in [5, 5.41) is 3.02. The topological polar surface area (TPSA) is 42.3 Å². The summed E-state index contributed by atoms with van der Waals surface area (Å²) in [5.41, 5.74) is 3.63. The molecule has 3 heterocycles. The lowest BCUT2D eigenvalue weighted by Gasteiger charge is -2.25. The van der Waals surface area contributed by atoms with Gasteiger partial charge in [-0.05, 0) is 29.5 Å². The summed E-state index contributed by atoms with van der Waals surface area (Å²) in [4.78, 5) is 0. The van der Waals surface area contributed by atoms with Crippen LogP contribution >= 0.6 is 11.3 Å². The van der Waals surface area contributed by atoms with Gasteiger partial charge in [-0.3, -0.25) is 0 Å². The maximum absolute atomic E-state index is 12.6. The van der Waals surface area contributed by atoms with Crippen LogP contribution in [0.2, 0.25) is 0 Å². The van der Waals surface area contributed by atoms with Gasteiger partial charge in [-0.2, -0.15) is 4.31 Å². The zero-order valence-corrected chi connectivity index (χ0v) is 15.0. The van der Waals surface area contributed by atoms with Crippen molar-refractivity contribution in [2.45, 2.75) is 10.6 Å². The minimum Gasteiger partial charge on any atom is -0.350 e. The summed E-state index contributed by atoms with van der Waals surface area (Å²) < 4.78 is 29.3. The van der Waals surface area contributed by atoms with E-state index < -0.39 is 10.0 Å². The number of hydrogen-bond acceptors (Lipinski definition) is 3. The van der Waals surface area contributed by atoms with E-state index in [1.807, 2.05) is 19.2 Å². The number of fused-ring (bicyclic) bond motifs is 1. The second-order valence-corrected chi connectivity index (χ2v) is 9.06. The van der Waals surface area contributed by atoms with Crippen molar-refractivity contribution in [2.75, 3.05) is 13.1 Å². The average Bonchev–Trinajstić information content (AvgIpc) is 3.25. The van der Waals surface area contributed by atoms with Crippen LogP contribution in [0.1, 0.15) is 12.0 Å². The highest BCUT2D eigenvalue weighted by atomic mass is 32.2. The van der Waals surface area contributed by atoms with Gasteiger partial charge in [0.2, 0.25) is 0 Å². The maximum Gasteiger partial charge on any atom is 0.252 e. The average molecular weight is 358 g/mol. The van der Waals surface area contributed by atoms with Crippen molar-refractivity contribution >= 4 is 37.8 Å². The predicted molar refractivity (Wildman–Crippen MR) is 98.6 cm³/mol. The third-order valence-electron chi connectivity index (χ3n) is 4.50. The molecule has 0 unspecified atom stereocenters. The molecule has 0 fully saturated rings. The summed E-state index contributed by atoms with van der Waals surface area (Å²) in [7, 11) is -1.32. The van der Waals surface area contributed by atoms with Crippen molar-refractivity contribution in [3.05, 3.63) is 59.6 Å². The Morgan fingerprint density at radius 1 is 1.12 bits per heavy atom. The summed E-state index contributed by atoms with van der Waals surface area (Å²) in [6.07, 6.45) is 4.93. The third kappa shape index (κ3) is 2.51. The van der Waals surface area contributed by atoms with E-state index in [1.165, 1.54) is 33.4 Å². The smallest absolute Gasteiger partial charge is 0.252 e. The van der Waals surface area contributed by atoms with Crippen molar-refractivity contribution in [1.82, 2.24) is 8.87 Å². The normalized spacial score (nSPS) is 16.5. The Kier molecular flexibility index (Phi) is 3.83. The molecule has 0 saturated carbocycles. The fourth-order valence-electron chi connectivity index (χ4n) is 3.25. The first-order chi connectivity index (χ1) is 11.6. The van der Waals surface area contributed by atoms with Gasteiger partial charge in [0.05, 0.1) is 0 Å². The molecule has 4 nitrogen and oxygen atoms in total. The molecule has 1 aliphatic heterocycles. The van der Waals surface area contributed by atoms with E-state index in [4.69, 9.17) is 0 Å².